The third-order valence-electron chi connectivity index (χ3n) is 2.95. The van der Waals surface area contributed by atoms with Crippen LogP contribution in [0, 0.1) is 5.82 Å². The van der Waals surface area contributed by atoms with Gasteiger partial charge in [-0.3, -0.25) is 4.31 Å². The molecular weight excluding hydrogens is 327 g/mol. The summed E-state index contributed by atoms with van der Waals surface area (Å²) >= 11 is 1.17. The molecule has 0 saturated heterocycles. The molecule has 0 atom stereocenters. The Bertz CT molecular complexity index is 746. The van der Waals surface area contributed by atoms with Gasteiger partial charge in [-0.1, -0.05) is 12.1 Å². The second-order valence-electron chi connectivity index (χ2n) is 4.75. The van der Waals surface area contributed by atoms with Crippen molar-refractivity contribution in [3.63, 3.8) is 0 Å². The molecule has 1 aromatic heterocycles. The van der Waals surface area contributed by atoms with Crippen molar-refractivity contribution in [2.45, 2.75) is 13.5 Å². The number of sulfonamides is 1. The minimum Gasteiger partial charge on any atom is -0.353 e. The number of benzene rings is 1. The standard InChI is InChI=1S/C13H17FN4O2S2/c1-4-22(19,20)18(11-8-6-5-7-10(11)14)9-12-15-13(17(2)3)21-16-12/h5-8H,4,9H2,1-3H3. The molecule has 0 saturated carbocycles. The molecule has 2 rings (SSSR count). The van der Waals surface area contributed by atoms with Gasteiger partial charge in [0.1, 0.15) is 5.82 Å². The van der Waals surface area contributed by atoms with Gasteiger partial charge in [0.15, 0.2) is 5.82 Å². The molecule has 0 aliphatic heterocycles. The molecule has 0 unspecified atom stereocenters. The molecule has 9 heteroatoms. The Kier molecular flexibility index (Phi) is 4.97. The van der Waals surface area contributed by atoms with Crippen LogP contribution in [0.2, 0.25) is 0 Å². The Morgan fingerprint density at radius 1 is 1.27 bits per heavy atom. The number of nitrogens with zero attached hydrogens (tertiary/aromatic N) is 4. The lowest BCUT2D eigenvalue weighted by Crippen LogP contribution is -2.33. The van der Waals surface area contributed by atoms with Crippen molar-refractivity contribution in [3.8, 4) is 0 Å². The van der Waals surface area contributed by atoms with E-state index in [-0.39, 0.29) is 18.0 Å². The van der Waals surface area contributed by atoms with Crippen molar-refractivity contribution < 1.29 is 12.8 Å². The average Bonchev–Trinajstić information content (AvgIpc) is 2.94. The first kappa shape index (κ1) is 16.6. The van der Waals surface area contributed by atoms with E-state index in [4.69, 9.17) is 0 Å². The minimum atomic E-state index is -3.64. The van der Waals surface area contributed by atoms with Crippen LogP contribution < -0.4 is 9.21 Å². The Balaban J connectivity index is 2.39. The lowest BCUT2D eigenvalue weighted by atomic mass is 10.3. The first-order valence-electron chi connectivity index (χ1n) is 6.60. The van der Waals surface area contributed by atoms with E-state index in [9.17, 15) is 12.8 Å². The second kappa shape index (κ2) is 6.57. The van der Waals surface area contributed by atoms with Crippen molar-refractivity contribution >= 4 is 32.4 Å². The monoisotopic (exact) mass is 344 g/mol. The molecule has 6 nitrogen and oxygen atoms in total. The van der Waals surface area contributed by atoms with Crippen LogP contribution in [0.3, 0.4) is 0 Å². The summed E-state index contributed by atoms with van der Waals surface area (Å²) in [5.74, 6) is -0.386. The van der Waals surface area contributed by atoms with E-state index in [2.05, 4.69) is 9.36 Å². The molecular formula is C13H17FN4O2S2. The highest BCUT2D eigenvalue weighted by Crippen LogP contribution is 2.25. The summed E-state index contributed by atoms with van der Waals surface area (Å²) in [6, 6.07) is 5.77. The first-order valence-corrected chi connectivity index (χ1v) is 8.98. The van der Waals surface area contributed by atoms with Crippen LogP contribution in [-0.2, 0) is 16.6 Å². The highest BCUT2D eigenvalue weighted by molar-refractivity contribution is 7.92. The molecule has 120 valence electrons. The number of anilines is 2. The fraction of sp³-hybridized carbons (Fsp3) is 0.385. The van der Waals surface area contributed by atoms with Crippen LogP contribution in [0.5, 0.6) is 0 Å². The number of para-hydroxylation sites is 1. The van der Waals surface area contributed by atoms with Crippen LogP contribution in [0.4, 0.5) is 15.2 Å². The number of halogens is 1. The zero-order valence-corrected chi connectivity index (χ0v) is 14.2. The SMILES string of the molecule is CCS(=O)(=O)N(Cc1nsc(N(C)C)n1)c1ccccc1F. The van der Waals surface area contributed by atoms with Crippen LogP contribution in [0.15, 0.2) is 24.3 Å². The third-order valence-corrected chi connectivity index (χ3v) is 5.60. The summed E-state index contributed by atoms with van der Waals surface area (Å²) in [6.45, 7) is 1.42. The number of hydrogen-bond donors (Lipinski definition) is 0. The lowest BCUT2D eigenvalue weighted by Gasteiger charge is -2.22. The smallest absolute Gasteiger partial charge is 0.235 e. The van der Waals surface area contributed by atoms with Gasteiger partial charge in [-0.05, 0) is 19.1 Å². The van der Waals surface area contributed by atoms with Crippen LogP contribution in [0.1, 0.15) is 12.7 Å². The third kappa shape index (κ3) is 3.53. The predicted octanol–water partition coefficient (Wildman–Crippen LogP) is 2.10. The molecule has 0 bridgehead atoms. The van der Waals surface area contributed by atoms with E-state index in [0.29, 0.717) is 11.0 Å². The Labute approximate surface area is 133 Å². The molecule has 0 N–H and O–H groups in total. The van der Waals surface area contributed by atoms with Gasteiger partial charge in [-0.2, -0.15) is 4.37 Å². The topological polar surface area (TPSA) is 66.4 Å². The number of rotatable bonds is 6. The van der Waals surface area contributed by atoms with E-state index in [1.165, 1.54) is 36.7 Å². The van der Waals surface area contributed by atoms with Gasteiger partial charge in [-0.15, -0.1) is 0 Å². The molecule has 0 spiro atoms. The molecule has 1 heterocycles. The summed E-state index contributed by atoms with van der Waals surface area (Å²) in [5.41, 5.74) is 0.00514. The van der Waals surface area contributed by atoms with Gasteiger partial charge in [0.2, 0.25) is 15.2 Å². The molecule has 1 aromatic carbocycles. The van der Waals surface area contributed by atoms with Gasteiger partial charge >= 0.3 is 0 Å². The van der Waals surface area contributed by atoms with Crippen LogP contribution >= 0.6 is 11.5 Å². The van der Waals surface area contributed by atoms with E-state index in [0.717, 1.165) is 4.31 Å². The Hall–Kier alpha value is -1.74. The summed E-state index contributed by atoms with van der Waals surface area (Å²) in [7, 11) is 0.00162. The molecule has 2 aromatic rings. The lowest BCUT2D eigenvalue weighted by molar-refractivity contribution is 0.584. The second-order valence-corrected chi connectivity index (χ2v) is 7.66. The van der Waals surface area contributed by atoms with Crippen molar-refractivity contribution in [1.82, 2.24) is 9.36 Å². The Morgan fingerprint density at radius 2 is 1.95 bits per heavy atom. The fourth-order valence-electron chi connectivity index (χ4n) is 1.76. The molecule has 0 aliphatic carbocycles. The highest BCUT2D eigenvalue weighted by atomic mass is 32.2. The maximum Gasteiger partial charge on any atom is 0.235 e. The summed E-state index contributed by atoms with van der Waals surface area (Å²) in [4.78, 5) is 6.04. The summed E-state index contributed by atoms with van der Waals surface area (Å²) in [6.07, 6.45) is 0. The van der Waals surface area contributed by atoms with Crippen molar-refractivity contribution in [3.05, 3.63) is 35.9 Å². The first-order chi connectivity index (χ1) is 10.3. The van der Waals surface area contributed by atoms with Crippen molar-refractivity contribution in [1.29, 1.82) is 0 Å². The van der Waals surface area contributed by atoms with Crippen molar-refractivity contribution in [2.75, 3.05) is 29.1 Å². The van der Waals surface area contributed by atoms with Crippen LogP contribution in [-0.4, -0.2) is 37.6 Å². The maximum absolute atomic E-state index is 14.0. The number of aromatic nitrogens is 2. The van der Waals surface area contributed by atoms with Gasteiger partial charge < -0.3 is 4.90 Å². The summed E-state index contributed by atoms with van der Waals surface area (Å²) in [5, 5.41) is 0.664. The zero-order valence-electron chi connectivity index (χ0n) is 12.5. The quantitative estimate of drug-likeness (QED) is 0.803. The molecule has 0 aliphatic rings. The van der Waals surface area contributed by atoms with Gasteiger partial charge in [0.25, 0.3) is 0 Å². The average molecular weight is 344 g/mol. The predicted molar refractivity (Wildman–Crippen MR) is 86.3 cm³/mol. The molecule has 22 heavy (non-hydrogen) atoms. The number of hydrogen-bond acceptors (Lipinski definition) is 6. The van der Waals surface area contributed by atoms with Gasteiger partial charge in [-0.25, -0.2) is 17.8 Å². The maximum atomic E-state index is 14.0. The highest BCUT2D eigenvalue weighted by Gasteiger charge is 2.25. The van der Waals surface area contributed by atoms with Crippen LogP contribution in [0.25, 0.3) is 0 Å². The van der Waals surface area contributed by atoms with E-state index >= 15 is 0 Å². The van der Waals surface area contributed by atoms with E-state index < -0.39 is 15.8 Å². The fourth-order valence-corrected chi connectivity index (χ4v) is 3.43. The van der Waals surface area contributed by atoms with Gasteiger partial charge in [0, 0.05) is 25.6 Å². The van der Waals surface area contributed by atoms with E-state index in [1.807, 2.05) is 14.1 Å². The van der Waals surface area contributed by atoms with Gasteiger partial charge in [0.05, 0.1) is 18.0 Å². The largest absolute Gasteiger partial charge is 0.353 e. The normalized spacial score (nSPS) is 11.5. The van der Waals surface area contributed by atoms with E-state index in [1.54, 1.807) is 11.0 Å². The molecule has 0 radical (unpaired) electrons. The van der Waals surface area contributed by atoms with Crippen molar-refractivity contribution in [2.24, 2.45) is 0 Å². The zero-order chi connectivity index (χ0) is 16.3. The molecule has 0 amide bonds. The summed E-state index contributed by atoms with van der Waals surface area (Å²) < 4.78 is 43.7. The minimum absolute atomic E-state index is 0.00514. The Morgan fingerprint density at radius 3 is 2.50 bits per heavy atom. The molecule has 0 fully saturated rings.